The maximum absolute atomic E-state index is 13.1. The Hall–Kier alpha value is -3.95. The summed E-state index contributed by atoms with van der Waals surface area (Å²) in [6.07, 6.45) is -0.119. The van der Waals surface area contributed by atoms with Crippen LogP contribution in [0.25, 0.3) is 0 Å². The van der Waals surface area contributed by atoms with Gasteiger partial charge in [0, 0.05) is 12.1 Å². The number of fused-ring (bicyclic) bond motifs is 1. The third-order valence-electron chi connectivity index (χ3n) is 6.22. The highest BCUT2D eigenvalue weighted by molar-refractivity contribution is 6.08. The number of halogens is 3. The highest BCUT2D eigenvalue weighted by Gasteiger charge is 2.51. The lowest BCUT2D eigenvalue weighted by atomic mass is 9.85. The number of nitrogens with zero attached hydrogens (tertiary/aromatic N) is 1. The molecule has 0 saturated carbocycles. The fourth-order valence-corrected chi connectivity index (χ4v) is 4.45. The van der Waals surface area contributed by atoms with E-state index in [1.807, 2.05) is 12.2 Å². The third kappa shape index (κ3) is 5.48. The predicted molar refractivity (Wildman–Crippen MR) is 122 cm³/mol. The van der Waals surface area contributed by atoms with Crippen LogP contribution >= 0.6 is 0 Å². The summed E-state index contributed by atoms with van der Waals surface area (Å²) in [6, 6.07) is 11.5. The number of alkyl halides is 3. The average Bonchev–Trinajstić information content (AvgIpc) is 3.11. The lowest BCUT2D eigenvalue weighted by molar-refractivity contribution is -0.160. The molecule has 2 aromatic carbocycles. The quantitative estimate of drug-likeness (QED) is 0.355. The van der Waals surface area contributed by atoms with Gasteiger partial charge in [0.05, 0.1) is 17.4 Å². The summed E-state index contributed by atoms with van der Waals surface area (Å²) >= 11 is 0. The van der Waals surface area contributed by atoms with Crippen molar-refractivity contribution in [3.05, 3.63) is 77.9 Å². The highest BCUT2D eigenvalue weighted by Crippen LogP contribution is 2.37. The van der Waals surface area contributed by atoms with Crippen molar-refractivity contribution in [2.24, 2.45) is 11.8 Å². The van der Waals surface area contributed by atoms with Gasteiger partial charge in [0.25, 0.3) is 5.91 Å². The molecular weight excluding hydrogens is 477 g/mol. The molecule has 3 atom stereocenters. The number of carbonyl (C=O) groups excluding carboxylic acids is 4. The molecule has 1 aliphatic carbocycles. The molecule has 188 valence electrons. The molecule has 0 aromatic heterocycles. The van der Waals surface area contributed by atoms with Crippen molar-refractivity contribution in [2.45, 2.75) is 31.5 Å². The first-order valence-corrected chi connectivity index (χ1v) is 11.3. The van der Waals surface area contributed by atoms with Crippen LogP contribution in [0.2, 0.25) is 0 Å². The second-order valence-corrected chi connectivity index (χ2v) is 8.64. The van der Waals surface area contributed by atoms with Gasteiger partial charge in [-0.1, -0.05) is 48.6 Å². The number of hydrogen-bond donors (Lipinski definition) is 1. The first-order valence-electron chi connectivity index (χ1n) is 11.3. The zero-order valence-electron chi connectivity index (χ0n) is 19.0. The molecular formula is C26H23F3N2O5. The molecule has 2 aliphatic rings. The van der Waals surface area contributed by atoms with Crippen molar-refractivity contribution >= 4 is 29.4 Å². The van der Waals surface area contributed by atoms with Gasteiger partial charge in [0.15, 0.2) is 6.61 Å². The normalized spacial score (nSPS) is 20.1. The summed E-state index contributed by atoms with van der Waals surface area (Å²) in [4.78, 5) is 52.4. The van der Waals surface area contributed by atoms with Gasteiger partial charge in [-0.2, -0.15) is 13.2 Å². The van der Waals surface area contributed by atoms with Crippen LogP contribution < -0.4 is 5.32 Å². The number of ether oxygens (including phenoxy) is 1. The first-order chi connectivity index (χ1) is 17.1. The highest BCUT2D eigenvalue weighted by atomic mass is 19.4. The molecule has 4 rings (SSSR count). The molecule has 1 N–H and O–H groups in total. The smallest absolute Gasteiger partial charge is 0.416 e. The van der Waals surface area contributed by atoms with E-state index >= 15 is 0 Å². The minimum Gasteiger partial charge on any atom is -0.454 e. The number of rotatable bonds is 7. The van der Waals surface area contributed by atoms with Crippen molar-refractivity contribution in [1.29, 1.82) is 0 Å². The molecule has 3 amide bonds. The second-order valence-electron chi connectivity index (χ2n) is 8.64. The third-order valence-corrected chi connectivity index (χ3v) is 6.22. The number of anilines is 1. The Morgan fingerprint density at radius 2 is 1.61 bits per heavy atom. The van der Waals surface area contributed by atoms with Crippen LogP contribution in [-0.2, 0) is 36.5 Å². The van der Waals surface area contributed by atoms with Crippen LogP contribution in [0.15, 0.2) is 66.7 Å². The van der Waals surface area contributed by atoms with Crippen molar-refractivity contribution in [2.75, 3.05) is 11.9 Å². The number of hydrogen-bond acceptors (Lipinski definition) is 5. The summed E-state index contributed by atoms with van der Waals surface area (Å²) in [5.41, 5.74) is -0.378. The van der Waals surface area contributed by atoms with E-state index in [-0.39, 0.29) is 12.1 Å². The van der Waals surface area contributed by atoms with Gasteiger partial charge >= 0.3 is 12.1 Å². The van der Waals surface area contributed by atoms with E-state index in [1.54, 1.807) is 30.3 Å². The van der Waals surface area contributed by atoms with Gasteiger partial charge < -0.3 is 10.1 Å². The number of esters is 1. The number of carbonyl (C=O) groups is 4. The molecule has 1 saturated heterocycles. The SMILES string of the molecule is O=C(COC(=O)[C@@H](Cc1ccccc1)N1C(=O)[C@H]2CC=CC[C@H]2C1=O)Nc1cccc(C(F)(F)F)c1. The second kappa shape index (κ2) is 10.3. The van der Waals surface area contributed by atoms with Crippen molar-refractivity contribution in [1.82, 2.24) is 4.90 Å². The molecule has 7 nitrogen and oxygen atoms in total. The number of nitrogens with one attached hydrogen (secondary N) is 1. The minimum absolute atomic E-state index is 0.000725. The van der Waals surface area contributed by atoms with Crippen LogP contribution in [0, 0.1) is 11.8 Å². The number of likely N-dealkylation sites (tertiary alicyclic amines) is 1. The molecule has 0 radical (unpaired) electrons. The summed E-state index contributed by atoms with van der Waals surface area (Å²) in [6.45, 7) is -0.801. The van der Waals surface area contributed by atoms with Gasteiger partial charge in [-0.3, -0.25) is 19.3 Å². The molecule has 0 unspecified atom stereocenters. The van der Waals surface area contributed by atoms with E-state index in [2.05, 4.69) is 5.32 Å². The zero-order chi connectivity index (χ0) is 25.9. The van der Waals surface area contributed by atoms with E-state index in [9.17, 15) is 32.3 Å². The van der Waals surface area contributed by atoms with Crippen molar-refractivity contribution in [3.63, 3.8) is 0 Å². The van der Waals surface area contributed by atoms with Crippen molar-refractivity contribution < 1.29 is 37.1 Å². The molecule has 0 spiro atoms. The number of imide groups is 1. The Balaban J connectivity index is 1.47. The largest absolute Gasteiger partial charge is 0.454 e. The fourth-order valence-electron chi connectivity index (χ4n) is 4.45. The van der Waals surface area contributed by atoms with E-state index in [0.29, 0.717) is 18.4 Å². The summed E-state index contributed by atoms with van der Waals surface area (Å²) < 4.78 is 43.8. The Kier molecular flexibility index (Phi) is 7.23. The van der Waals surface area contributed by atoms with E-state index in [4.69, 9.17) is 4.74 Å². The maximum atomic E-state index is 13.1. The molecule has 10 heteroatoms. The van der Waals surface area contributed by atoms with Crippen LogP contribution in [0.1, 0.15) is 24.0 Å². The standard InChI is InChI=1S/C26H23F3N2O5/c27-26(28,29)17-9-6-10-18(14-17)30-22(32)15-36-25(35)21(13-16-7-2-1-3-8-16)31-23(33)19-11-4-5-12-20(19)24(31)34/h1-10,14,19-21H,11-13,15H2,(H,30,32)/t19-,20+,21-/m1/s1. The molecule has 1 heterocycles. The number of allylic oxidation sites excluding steroid dienone is 2. The number of amides is 3. The molecule has 0 bridgehead atoms. The van der Waals surface area contributed by atoms with E-state index in [0.717, 1.165) is 23.1 Å². The van der Waals surface area contributed by atoms with Gasteiger partial charge in [-0.25, -0.2) is 4.79 Å². The Labute approximate surface area is 204 Å². The van der Waals surface area contributed by atoms with Crippen LogP contribution in [-0.4, -0.2) is 41.2 Å². The molecule has 2 aromatic rings. The van der Waals surface area contributed by atoms with Crippen LogP contribution in [0.5, 0.6) is 0 Å². The monoisotopic (exact) mass is 500 g/mol. The van der Waals surface area contributed by atoms with Gasteiger partial charge in [0.2, 0.25) is 11.8 Å². The Bertz CT molecular complexity index is 1170. The summed E-state index contributed by atoms with van der Waals surface area (Å²) in [5, 5.41) is 2.25. The van der Waals surface area contributed by atoms with E-state index in [1.165, 1.54) is 6.07 Å². The lowest BCUT2D eigenvalue weighted by Gasteiger charge is -2.25. The van der Waals surface area contributed by atoms with Gasteiger partial charge in [0.1, 0.15) is 6.04 Å². The van der Waals surface area contributed by atoms with E-state index < -0.39 is 59.9 Å². The van der Waals surface area contributed by atoms with Crippen LogP contribution in [0.3, 0.4) is 0 Å². The van der Waals surface area contributed by atoms with Crippen molar-refractivity contribution in [3.8, 4) is 0 Å². The lowest BCUT2D eigenvalue weighted by Crippen LogP contribution is -2.48. The van der Waals surface area contributed by atoms with Gasteiger partial charge in [-0.05, 0) is 36.6 Å². The van der Waals surface area contributed by atoms with Crippen LogP contribution in [0.4, 0.5) is 18.9 Å². The maximum Gasteiger partial charge on any atom is 0.416 e. The molecule has 1 aliphatic heterocycles. The minimum atomic E-state index is -4.58. The predicted octanol–water partition coefficient (Wildman–Crippen LogP) is 3.75. The Morgan fingerprint density at radius 1 is 0.972 bits per heavy atom. The van der Waals surface area contributed by atoms with Gasteiger partial charge in [-0.15, -0.1) is 0 Å². The first kappa shape index (κ1) is 25.2. The summed E-state index contributed by atoms with van der Waals surface area (Å²) in [5.74, 6) is -3.82. The molecule has 36 heavy (non-hydrogen) atoms. The zero-order valence-corrected chi connectivity index (χ0v) is 19.0. The number of benzene rings is 2. The average molecular weight is 500 g/mol. The Morgan fingerprint density at radius 3 is 2.22 bits per heavy atom. The topological polar surface area (TPSA) is 92.8 Å². The summed E-state index contributed by atoms with van der Waals surface area (Å²) in [7, 11) is 0. The molecule has 1 fully saturated rings. The fraction of sp³-hybridized carbons (Fsp3) is 0.308.